The Kier molecular flexibility index (Phi) is 5.12. The van der Waals surface area contributed by atoms with E-state index >= 15 is 0 Å². The molecule has 0 spiro atoms. The van der Waals surface area contributed by atoms with E-state index in [9.17, 15) is 0 Å². The fraction of sp³-hybridized carbons (Fsp3) is 0.467. The molecule has 0 saturated carbocycles. The number of nitrogens with one attached hydrogen (secondary N) is 1. The highest BCUT2D eigenvalue weighted by Crippen LogP contribution is 2.29. The van der Waals surface area contributed by atoms with Gasteiger partial charge in [-0.1, -0.05) is 32.0 Å². The zero-order valence-corrected chi connectivity index (χ0v) is 12.3. The van der Waals surface area contributed by atoms with Gasteiger partial charge in [-0.05, 0) is 25.5 Å². The Morgan fingerprint density at radius 2 is 2.10 bits per heavy atom. The molecule has 1 heterocycles. The highest BCUT2D eigenvalue weighted by atomic mass is 16.5. The zero-order valence-electron chi connectivity index (χ0n) is 12.3. The summed E-state index contributed by atoms with van der Waals surface area (Å²) in [7, 11) is 1.82. The van der Waals surface area contributed by atoms with Crippen LogP contribution in [0, 0.1) is 0 Å². The number of aromatic nitrogens is 3. The lowest BCUT2D eigenvalue weighted by molar-refractivity contribution is 0.418. The summed E-state index contributed by atoms with van der Waals surface area (Å²) in [6.45, 7) is 5.33. The molecular formula is C15H22N4O. The maximum absolute atomic E-state index is 5.81. The summed E-state index contributed by atoms with van der Waals surface area (Å²) in [4.78, 5) is 4.11. The normalized spacial score (nSPS) is 12.3. The van der Waals surface area contributed by atoms with Crippen molar-refractivity contribution >= 4 is 0 Å². The number of benzene rings is 1. The van der Waals surface area contributed by atoms with Crippen LogP contribution in [0.3, 0.4) is 0 Å². The third-order valence-electron chi connectivity index (χ3n) is 3.12. The average molecular weight is 274 g/mol. The fourth-order valence-corrected chi connectivity index (χ4v) is 2.12. The molecule has 20 heavy (non-hydrogen) atoms. The topological polar surface area (TPSA) is 52.0 Å². The van der Waals surface area contributed by atoms with Gasteiger partial charge in [0, 0.05) is 18.7 Å². The smallest absolute Gasteiger partial charge is 0.340 e. The van der Waals surface area contributed by atoms with Gasteiger partial charge >= 0.3 is 6.01 Å². The van der Waals surface area contributed by atoms with Crippen LogP contribution in [0.25, 0.3) is 0 Å². The highest BCUT2D eigenvalue weighted by molar-refractivity contribution is 5.37. The molecule has 1 aromatic heterocycles. The van der Waals surface area contributed by atoms with E-state index in [2.05, 4.69) is 35.3 Å². The SMILES string of the molecule is CCCNC(CC)c1ccccc1Oc1ncn(C)n1. The first-order valence-electron chi connectivity index (χ1n) is 7.10. The van der Waals surface area contributed by atoms with Crippen molar-refractivity contribution in [1.29, 1.82) is 0 Å². The van der Waals surface area contributed by atoms with E-state index in [1.54, 1.807) is 11.0 Å². The molecule has 0 fully saturated rings. The molecule has 0 amide bonds. The van der Waals surface area contributed by atoms with Gasteiger partial charge in [0.1, 0.15) is 12.1 Å². The van der Waals surface area contributed by atoms with E-state index in [1.165, 1.54) is 0 Å². The van der Waals surface area contributed by atoms with Crippen LogP contribution in [-0.4, -0.2) is 21.3 Å². The monoisotopic (exact) mass is 274 g/mol. The summed E-state index contributed by atoms with van der Waals surface area (Å²) < 4.78 is 7.44. The Bertz CT molecular complexity index is 538. The van der Waals surface area contributed by atoms with E-state index in [0.29, 0.717) is 6.01 Å². The van der Waals surface area contributed by atoms with Gasteiger partial charge in [-0.15, -0.1) is 5.10 Å². The molecule has 0 bridgehead atoms. The number of aryl methyl sites for hydroxylation is 1. The van der Waals surface area contributed by atoms with E-state index in [-0.39, 0.29) is 6.04 Å². The number of hydrogen-bond acceptors (Lipinski definition) is 4. The number of para-hydroxylation sites is 1. The fourth-order valence-electron chi connectivity index (χ4n) is 2.12. The minimum absolute atomic E-state index is 0.287. The highest BCUT2D eigenvalue weighted by Gasteiger charge is 2.15. The van der Waals surface area contributed by atoms with Gasteiger partial charge in [-0.25, -0.2) is 0 Å². The van der Waals surface area contributed by atoms with Crippen LogP contribution in [0.4, 0.5) is 0 Å². The molecule has 0 saturated heterocycles. The van der Waals surface area contributed by atoms with Crippen LogP contribution < -0.4 is 10.1 Å². The third-order valence-corrected chi connectivity index (χ3v) is 3.12. The van der Waals surface area contributed by atoms with Crippen LogP contribution >= 0.6 is 0 Å². The van der Waals surface area contributed by atoms with Crippen LogP contribution in [0.1, 0.15) is 38.3 Å². The molecular weight excluding hydrogens is 252 g/mol. The molecule has 0 aliphatic carbocycles. The van der Waals surface area contributed by atoms with Gasteiger partial charge in [0.15, 0.2) is 0 Å². The zero-order chi connectivity index (χ0) is 14.4. The molecule has 2 aromatic rings. The van der Waals surface area contributed by atoms with Crippen molar-refractivity contribution in [3.8, 4) is 11.8 Å². The van der Waals surface area contributed by atoms with Gasteiger partial charge in [0.05, 0.1) is 0 Å². The molecule has 2 rings (SSSR count). The van der Waals surface area contributed by atoms with E-state index in [1.807, 2.05) is 25.2 Å². The first-order valence-corrected chi connectivity index (χ1v) is 7.10. The number of hydrogen-bond donors (Lipinski definition) is 1. The molecule has 0 aliphatic rings. The minimum Gasteiger partial charge on any atom is -0.423 e. The largest absolute Gasteiger partial charge is 0.423 e. The van der Waals surface area contributed by atoms with Crippen LogP contribution in [0.5, 0.6) is 11.8 Å². The second-order valence-electron chi connectivity index (χ2n) is 4.76. The van der Waals surface area contributed by atoms with Gasteiger partial charge in [-0.2, -0.15) is 4.98 Å². The second kappa shape index (κ2) is 7.05. The predicted molar refractivity (Wildman–Crippen MR) is 78.8 cm³/mol. The summed E-state index contributed by atoms with van der Waals surface area (Å²) in [5.74, 6) is 0.814. The standard InChI is InChI=1S/C15H22N4O/c1-4-10-16-13(5-2)12-8-6-7-9-14(12)20-15-17-11-19(3)18-15/h6-9,11,13,16H,4-5,10H2,1-3H3. The minimum atomic E-state index is 0.287. The van der Waals surface area contributed by atoms with Crippen molar-refractivity contribution < 1.29 is 4.74 Å². The predicted octanol–water partition coefficient (Wildman–Crippen LogP) is 3.06. The lowest BCUT2D eigenvalue weighted by Gasteiger charge is -2.19. The van der Waals surface area contributed by atoms with Gasteiger partial charge in [-0.3, -0.25) is 4.68 Å². The van der Waals surface area contributed by atoms with Crippen molar-refractivity contribution in [2.45, 2.75) is 32.7 Å². The lowest BCUT2D eigenvalue weighted by Crippen LogP contribution is -2.21. The summed E-state index contributed by atoms with van der Waals surface area (Å²) >= 11 is 0. The Hall–Kier alpha value is -1.88. The number of rotatable bonds is 7. The molecule has 108 valence electrons. The van der Waals surface area contributed by atoms with Crippen molar-refractivity contribution in [1.82, 2.24) is 20.1 Å². The van der Waals surface area contributed by atoms with Crippen molar-refractivity contribution in [3.05, 3.63) is 36.2 Å². The Morgan fingerprint density at radius 3 is 2.75 bits per heavy atom. The quantitative estimate of drug-likeness (QED) is 0.843. The molecule has 1 unspecified atom stereocenters. The van der Waals surface area contributed by atoms with E-state index in [0.717, 1.165) is 30.7 Å². The number of nitrogens with zero attached hydrogens (tertiary/aromatic N) is 3. The van der Waals surface area contributed by atoms with Crippen molar-refractivity contribution in [3.63, 3.8) is 0 Å². The van der Waals surface area contributed by atoms with Gasteiger partial charge in [0.2, 0.25) is 0 Å². The molecule has 5 heteroatoms. The van der Waals surface area contributed by atoms with Crippen molar-refractivity contribution in [2.75, 3.05) is 6.54 Å². The maximum Gasteiger partial charge on any atom is 0.340 e. The average Bonchev–Trinajstić information content (AvgIpc) is 2.86. The Labute approximate surface area is 120 Å². The van der Waals surface area contributed by atoms with Crippen LogP contribution in [0.15, 0.2) is 30.6 Å². The third kappa shape index (κ3) is 3.57. The first-order chi connectivity index (χ1) is 9.74. The first kappa shape index (κ1) is 14.5. The summed E-state index contributed by atoms with van der Waals surface area (Å²) in [5, 5.41) is 7.70. The molecule has 5 nitrogen and oxygen atoms in total. The van der Waals surface area contributed by atoms with Gasteiger partial charge < -0.3 is 10.1 Å². The summed E-state index contributed by atoms with van der Waals surface area (Å²) in [5.41, 5.74) is 1.15. The lowest BCUT2D eigenvalue weighted by atomic mass is 10.0. The van der Waals surface area contributed by atoms with Crippen LogP contribution in [-0.2, 0) is 7.05 Å². The second-order valence-corrected chi connectivity index (χ2v) is 4.76. The maximum atomic E-state index is 5.81. The molecule has 1 aromatic carbocycles. The van der Waals surface area contributed by atoms with Crippen LogP contribution in [0.2, 0.25) is 0 Å². The summed E-state index contributed by atoms with van der Waals surface area (Å²) in [6.07, 6.45) is 3.75. The van der Waals surface area contributed by atoms with Gasteiger partial charge in [0.25, 0.3) is 0 Å². The van der Waals surface area contributed by atoms with E-state index < -0.39 is 0 Å². The van der Waals surface area contributed by atoms with E-state index in [4.69, 9.17) is 4.74 Å². The molecule has 1 N–H and O–H groups in total. The Morgan fingerprint density at radius 1 is 1.30 bits per heavy atom. The molecule has 1 atom stereocenters. The summed E-state index contributed by atoms with van der Waals surface area (Å²) in [6, 6.07) is 8.72. The molecule has 0 radical (unpaired) electrons. The Balaban J connectivity index is 2.20. The number of ether oxygens (including phenoxy) is 1. The molecule has 0 aliphatic heterocycles. The van der Waals surface area contributed by atoms with Crippen molar-refractivity contribution in [2.24, 2.45) is 7.05 Å².